The van der Waals surface area contributed by atoms with Crippen molar-refractivity contribution in [3.63, 3.8) is 0 Å². The van der Waals surface area contributed by atoms with Crippen molar-refractivity contribution in [2.45, 2.75) is 25.8 Å². The standard InChI is InChI=1S/C11H17N3O2S/c1-7-9(10(15)16)13-11(17-7)12-8-3-5-14(2)6-4-8/h8H,3-6H2,1-2H3,(H,12,13)(H,15,16). The molecule has 94 valence electrons. The number of piperidine rings is 1. The van der Waals surface area contributed by atoms with E-state index in [1.165, 1.54) is 11.3 Å². The molecule has 1 saturated heterocycles. The third kappa shape index (κ3) is 2.95. The monoisotopic (exact) mass is 255 g/mol. The van der Waals surface area contributed by atoms with Crippen molar-refractivity contribution in [1.29, 1.82) is 0 Å². The van der Waals surface area contributed by atoms with Crippen molar-refractivity contribution < 1.29 is 9.90 Å². The predicted molar refractivity (Wildman–Crippen MR) is 68.0 cm³/mol. The van der Waals surface area contributed by atoms with E-state index in [1.54, 1.807) is 6.92 Å². The van der Waals surface area contributed by atoms with E-state index in [0.717, 1.165) is 35.9 Å². The molecule has 2 rings (SSSR count). The van der Waals surface area contributed by atoms with Crippen LogP contribution in [-0.4, -0.2) is 47.1 Å². The summed E-state index contributed by atoms with van der Waals surface area (Å²) in [5.41, 5.74) is 0.172. The quantitative estimate of drug-likeness (QED) is 0.860. The second-order valence-corrected chi connectivity index (χ2v) is 5.65. The van der Waals surface area contributed by atoms with E-state index in [-0.39, 0.29) is 5.69 Å². The van der Waals surface area contributed by atoms with E-state index in [1.807, 2.05) is 0 Å². The number of aromatic nitrogens is 1. The molecule has 2 N–H and O–H groups in total. The summed E-state index contributed by atoms with van der Waals surface area (Å²) in [7, 11) is 2.12. The number of nitrogens with one attached hydrogen (secondary N) is 1. The summed E-state index contributed by atoms with van der Waals surface area (Å²) in [5, 5.41) is 13.0. The third-order valence-electron chi connectivity index (χ3n) is 3.05. The highest BCUT2D eigenvalue weighted by Gasteiger charge is 2.19. The Bertz CT molecular complexity index is 411. The van der Waals surface area contributed by atoms with E-state index in [0.29, 0.717) is 6.04 Å². The Balaban J connectivity index is 1.99. The van der Waals surface area contributed by atoms with Crippen molar-refractivity contribution in [2.24, 2.45) is 0 Å². The van der Waals surface area contributed by atoms with Crippen LogP contribution >= 0.6 is 11.3 Å². The maximum Gasteiger partial charge on any atom is 0.355 e. The molecule has 0 atom stereocenters. The Morgan fingerprint density at radius 1 is 1.53 bits per heavy atom. The molecule has 1 aromatic rings. The molecule has 2 heterocycles. The molecule has 0 saturated carbocycles. The number of carbonyl (C=O) groups is 1. The van der Waals surface area contributed by atoms with Crippen LogP contribution in [0.4, 0.5) is 5.13 Å². The lowest BCUT2D eigenvalue weighted by atomic mass is 10.1. The second kappa shape index (κ2) is 5.01. The highest BCUT2D eigenvalue weighted by atomic mass is 32.1. The zero-order chi connectivity index (χ0) is 12.4. The number of carboxylic acids is 1. The number of likely N-dealkylation sites (tertiary alicyclic amines) is 1. The summed E-state index contributed by atoms with van der Waals surface area (Å²) >= 11 is 1.42. The highest BCUT2D eigenvalue weighted by Crippen LogP contribution is 2.24. The zero-order valence-electron chi connectivity index (χ0n) is 10.1. The second-order valence-electron chi connectivity index (χ2n) is 4.45. The third-order valence-corrected chi connectivity index (χ3v) is 3.95. The van der Waals surface area contributed by atoms with E-state index in [4.69, 9.17) is 5.11 Å². The van der Waals surface area contributed by atoms with Gasteiger partial charge in [0, 0.05) is 10.9 Å². The molecule has 0 amide bonds. The number of nitrogens with zero attached hydrogens (tertiary/aromatic N) is 2. The molecule has 1 aliphatic rings. The lowest BCUT2D eigenvalue weighted by Gasteiger charge is -2.29. The van der Waals surface area contributed by atoms with E-state index in [2.05, 4.69) is 22.2 Å². The maximum atomic E-state index is 10.9. The zero-order valence-corrected chi connectivity index (χ0v) is 10.9. The summed E-state index contributed by atoms with van der Waals surface area (Å²) in [6, 6.07) is 0.415. The Hall–Kier alpha value is -1.14. The molecule has 1 fully saturated rings. The first-order valence-corrected chi connectivity index (χ1v) is 6.53. The van der Waals surface area contributed by atoms with Gasteiger partial charge in [-0.15, -0.1) is 11.3 Å². The summed E-state index contributed by atoms with van der Waals surface area (Å²) in [4.78, 5) is 18.1. The molecule has 0 aliphatic carbocycles. The first kappa shape index (κ1) is 12.3. The number of hydrogen-bond acceptors (Lipinski definition) is 5. The van der Waals surface area contributed by atoms with Crippen molar-refractivity contribution >= 4 is 22.4 Å². The van der Waals surface area contributed by atoms with Crippen LogP contribution < -0.4 is 5.32 Å². The molecule has 1 aliphatic heterocycles. The average molecular weight is 255 g/mol. The number of carboxylic acid groups (broad SMARTS) is 1. The van der Waals surface area contributed by atoms with Gasteiger partial charge in [-0.1, -0.05) is 0 Å². The average Bonchev–Trinajstić information content (AvgIpc) is 2.63. The summed E-state index contributed by atoms with van der Waals surface area (Å²) < 4.78 is 0. The Kier molecular flexibility index (Phi) is 3.63. The number of aromatic carboxylic acids is 1. The molecule has 5 nitrogen and oxygen atoms in total. The molecular formula is C11H17N3O2S. The van der Waals surface area contributed by atoms with Gasteiger partial charge in [0.2, 0.25) is 0 Å². The molecule has 0 radical (unpaired) electrons. The van der Waals surface area contributed by atoms with Crippen molar-refractivity contribution in [2.75, 3.05) is 25.5 Å². The van der Waals surface area contributed by atoms with Crippen molar-refractivity contribution in [3.05, 3.63) is 10.6 Å². The van der Waals surface area contributed by atoms with Gasteiger partial charge in [0.25, 0.3) is 0 Å². The van der Waals surface area contributed by atoms with Gasteiger partial charge in [0.15, 0.2) is 10.8 Å². The van der Waals surface area contributed by atoms with Crippen molar-refractivity contribution in [3.8, 4) is 0 Å². The van der Waals surface area contributed by atoms with E-state index >= 15 is 0 Å². The minimum absolute atomic E-state index is 0.172. The first-order chi connectivity index (χ1) is 8.06. The number of aryl methyl sites for hydroxylation is 1. The van der Waals surface area contributed by atoms with Gasteiger partial charge in [-0.05, 0) is 39.9 Å². The smallest absolute Gasteiger partial charge is 0.355 e. The number of anilines is 1. The molecule has 6 heteroatoms. The van der Waals surface area contributed by atoms with Gasteiger partial charge in [0.05, 0.1) is 0 Å². The SMILES string of the molecule is Cc1sc(NC2CCN(C)CC2)nc1C(=O)O. The number of hydrogen-bond donors (Lipinski definition) is 2. The van der Waals surface area contributed by atoms with Crippen molar-refractivity contribution in [1.82, 2.24) is 9.88 Å². The molecule has 0 unspecified atom stereocenters. The topological polar surface area (TPSA) is 65.5 Å². The molecule has 17 heavy (non-hydrogen) atoms. The van der Waals surface area contributed by atoms with Gasteiger partial charge >= 0.3 is 5.97 Å². The predicted octanol–water partition coefficient (Wildman–Crippen LogP) is 1.66. The van der Waals surface area contributed by atoms with E-state index < -0.39 is 5.97 Å². The molecular weight excluding hydrogens is 238 g/mol. The molecule has 0 aromatic carbocycles. The van der Waals surface area contributed by atoms with Gasteiger partial charge in [-0.25, -0.2) is 9.78 Å². The lowest BCUT2D eigenvalue weighted by Crippen LogP contribution is -2.36. The van der Waals surface area contributed by atoms with Crippen LogP contribution in [0.25, 0.3) is 0 Å². The fourth-order valence-electron chi connectivity index (χ4n) is 1.98. The van der Waals surface area contributed by atoms with Crippen LogP contribution in [0.5, 0.6) is 0 Å². The van der Waals surface area contributed by atoms with Gasteiger partial charge < -0.3 is 15.3 Å². The highest BCUT2D eigenvalue weighted by molar-refractivity contribution is 7.15. The van der Waals surface area contributed by atoms with Crippen LogP contribution in [0.3, 0.4) is 0 Å². The Labute approximate surface area is 104 Å². The fraction of sp³-hybridized carbons (Fsp3) is 0.636. The molecule has 1 aromatic heterocycles. The first-order valence-electron chi connectivity index (χ1n) is 5.72. The minimum Gasteiger partial charge on any atom is -0.476 e. The normalized spacial score (nSPS) is 18.2. The maximum absolute atomic E-state index is 10.9. The number of thiazole rings is 1. The largest absolute Gasteiger partial charge is 0.476 e. The Morgan fingerprint density at radius 3 is 2.71 bits per heavy atom. The summed E-state index contributed by atoms with van der Waals surface area (Å²) in [6.45, 7) is 3.95. The molecule has 0 spiro atoms. The van der Waals surface area contributed by atoms with Crippen LogP contribution in [-0.2, 0) is 0 Å². The Morgan fingerprint density at radius 2 is 2.18 bits per heavy atom. The number of rotatable bonds is 3. The minimum atomic E-state index is -0.949. The summed E-state index contributed by atoms with van der Waals surface area (Å²) in [5.74, 6) is -0.949. The van der Waals surface area contributed by atoms with E-state index in [9.17, 15) is 4.79 Å². The van der Waals surface area contributed by atoms with Gasteiger partial charge in [-0.2, -0.15) is 0 Å². The van der Waals surface area contributed by atoms with Crippen LogP contribution in [0.1, 0.15) is 28.2 Å². The summed E-state index contributed by atoms with van der Waals surface area (Å²) in [6.07, 6.45) is 2.16. The molecule has 0 bridgehead atoms. The lowest BCUT2D eigenvalue weighted by molar-refractivity contribution is 0.0690. The van der Waals surface area contributed by atoms with Crippen LogP contribution in [0.15, 0.2) is 0 Å². The van der Waals surface area contributed by atoms with Crippen LogP contribution in [0, 0.1) is 6.92 Å². The fourth-order valence-corrected chi connectivity index (χ4v) is 2.87. The van der Waals surface area contributed by atoms with Gasteiger partial charge in [-0.3, -0.25) is 0 Å². The van der Waals surface area contributed by atoms with Crippen LogP contribution in [0.2, 0.25) is 0 Å². The van der Waals surface area contributed by atoms with Gasteiger partial charge in [0.1, 0.15) is 0 Å².